The molecule has 1 N–H and O–H groups in total. The molecule has 5 aliphatic carbocycles. The zero-order chi connectivity index (χ0) is 14.8. The second kappa shape index (κ2) is 3.45. The van der Waals surface area contributed by atoms with Crippen molar-refractivity contribution in [2.75, 3.05) is 0 Å². The molecule has 6 rings (SSSR count). The van der Waals surface area contributed by atoms with Gasteiger partial charge in [-0.2, -0.15) is 0 Å². The maximum absolute atomic E-state index is 11.3. The monoisotopic (exact) mass is 300 g/mol. The van der Waals surface area contributed by atoms with Gasteiger partial charge in [-0.25, -0.2) is 0 Å². The van der Waals surface area contributed by atoms with Gasteiger partial charge in [0, 0.05) is 23.3 Å². The van der Waals surface area contributed by atoms with Crippen molar-refractivity contribution in [3.05, 3.63) is 11.3 Å². The Morgan fingerprint density at radius 3 is 2.64 bits per heavy atom. The van der Waals surface area contributed by atoms with E-state index in [-0.39, 0.29) is 11.0 Å². The van der Waals surface area contributed by atoms with Gasteiger partial charge in [0.25, 0.3) is 0 Å². The van der Waals surface area contributed by atoms with Crippen LogP contribution in [0.5, 0.6) is 0 Å². The van der Waals surface area contributed by atoms with Gasteiger partial charge in [0.05, 0.1) is 5.60 Å². The fourth-order valence-corrected chi connectivity index (χ4v) is 8.36. The summed E-state index contributed by atoms with van der Waals surface area (Å²) in [6.45, 7) is 2.40. The van der Waals surface area contributed by atoms with Crippen molar-refractivity contribution in [2.45, 2.75) is 88.8 Å². The number of hydrogen-bond acceptors (Lipinski definition) is 2. The predicted molar refractivity (Wildman–Crippen MR) is 84.1 cm³/mol. The third-order valence-electron chi connectivity index (χ3n) is 9.50. The summed E-state index contributed by atoms with van der Waals surface area (Å²) >= 11 is 0. The van der Waals surface area contributed by atoms with Crippen LogP contribution in [-0.4, -0.2) is 16.3 Å². The highest BCUT2D eigenvalue weighted by Crippen LogP contribution is 2.80. The van der Waals surface area contributed by atoms with Gasteiger partial charge in [-0.1, -0.05) is 13.3 Å². The highest BCUT2D eigenvalue weighted by atomic mass is 16.5. The van der Waals surface area contributed by atoms with Crippen LogP contribution in [0.3, 0.4) is 0 Å². The van der Waals surface area contributed by atoms with E-state index in [0.717, 1.165) is 31.1 Å². The Kier molecular flexibility index (Phi) is 2.02. The summed E-state index contributed by atoms with van der Waals surface area (Å²) in [5, 5.41) is 11.3. The molecule has 2 nitrogen and oxygen atoms in total. The minimum absolute atomic E-state index is 0.0899. The number of ether oxygens (including phenoxy) is 1. The van der Waals surface area contributed by atoms with Crippen molar-refractivity contribution in [1.82, 2.24) is 0 Å². The summed E-state index contributed by atoms with van der Waals surface area (Å²) in [7, 11) is 0. The zero-order valence-corrected chi connectivity index (χ0v) is 13.8. The molecule has 6 aliphatic rings. The van der Waals surface area contributed by atoms with Crippen LogP contribution in [0.4, 0.5) is 0 Å². The minimum Gasteiger partial charge on any atom is -0.487 e. The number of hydrogen-bond donors (Lipinski definition) is 1. The third kappa shape index (κ3) is 1.03. The fourth-order valence-electron chi connectivity index (χ4n) is 8.36. The van der Waals surface area contributed by atoms with Crippen LogP contribution in [0.25, 0.3) is 0 Å². The lowest BCUT2D eigenvalue weighted by Crippen LogP contribution is -2.63. The molecule has 4 fully saturated rings. The van der Waals surface area contributed by atoms with Gasteiger partial charge in [0.15, 0.2) is 0 Å². The molecule has 2 bridgehead atoms. The van der Waals surface area contributed by atoms with Gasteiger partial charge in [-0.3, -0.25) is 0 Å². The number of aliphatic hydroxyl groups is 1. The summed E-state index contributed by atoms with van der Waals surface area (Å²) in [6, 6.07) is 0. The van der Waals surface area contributed by atoms with Crippen LogP contribution in [0.2, 0.25) is 0 Å². The summed E-state index contributed by atoms with van der Waals surface area (Å²) < 4.78 is 6.61. The average Bonchev–Trinajstić information content (AvgIpc) is 2.87. The molecular weight excluding hydrogens is 272 g/mol. The first-order valence-corrected chi connectivity index (χ1v) is 9.70. The van der Waals surface area contributed by atoms with Gasteiger partial charge in [-0.05, 0) is 69.1 Å². The van der Waals surface area contributed by atoms with Crippen molar-refractivity contribution in [3.8, 4) is 0 Å². The molecule has 120 valence electrons. The molecule has 0 radical (unpaired) electrons. The van der Waals surface area contributed by atoms with Crippen molar-refractivity contribution in [2.24, 2.45) is 22.7 Å². The Balaban J connectivity index is 1.53. The SMILES string of the molecule is C[C@]12CC3=C4[C@@H](CCC5CCCC[C@@]45O3)C13CCC2(O)CC3. The van der Waals surface area contributed by atoms with E-state index in [1.54, 1.807) is 5.57 Å². The summed E-state index contributed by atoms with van der Waals surface area (Å²) in [6.07, 6.45) is 13.8. The van der Waals surface area contributed by atoms with Crippen LogP contribution in [0.15, 0.2) is 11.3 Å². The van der Waals surface area contributed by atoms with Crippen LogP contribution >= 0.6 is 0 Å². The first-order valence-electron chi connectivity index (χ1n) is 9.70. The molecule has 0 amide bonds. The van der Waals surface area contributed by atoms with E-state index in [1.807, 2.05) is 0 Å². The van der Waals surface area contributed by atoms with E-state index in [0.29, 0.717) is 5.41 Å². The zero-order valence-electron chi connectivity index (χ0n) is 13.8. The summed E-state index contributed by atoms with van der Waals surface area (Å²) in [5.41, 5.74) is 2.02. The van der Waals surface area contributed by atoms with Gasteiger partial charge >= 0.3 is 0 Å². The van der Waals surface area contributed by atoms with Gasteiger partial charge in [0.1, 0.15) is 11.4 Å². The molecule has 0 aromatic rings. The molecule has 22 heavy (non-hydrogen) atoms. The van der Waals surface area contributed by atoms with Crippen molar-refractivity contribution in [1.29, 1.82) is 0 Å². The van der Waals surface area contributed by atoms with Crippen molar-refractivity contribution < 1.29 is 9.84 Å². The molecule has 4 atom stereocenters. The van der Waals surface area contributed by atoms with E-state index in [9.17, 15) is 5.11 Å². The van der Waals surface area contributed by atoms with E-state index in [4.69, 9.17) is 4.74 Å². The average molecular weight is 300 g/mol. The van der Waals surface area contributed by atoms with E-state index >= 15 is 0 Å². The van der Waals surface area contributed by atoms with Crippen molar-refractivity contribution >= 4 is 0 Å². The molecular formula is C20H28O2. The Morgan fingerprint density at radius 2 is 1.82 bits per heavy atom. The lowest BCUT2D eigenvalue weighted by atomic mass is 9.45. The molecule has 1 unspecified atom stereocenters. The maximum Gasteiger partial charge on any atom is 0.136 e. The van der Waals surface area contributed by atoms with Gasteiger partial charge in [0.2, 0.25) is 0 Å². The molecule has 4 saturated carbocycles. The second-order valence-electron chi connectivity index (χ2n) is 9.60. The molecule has 1 heterocycles. The smallest absolute Gasteiger partial charge is 0.136 e. The summed E-state index contributed by atoms with van der Waals surface area (Å²) in [5.74, 6) is 2.87. The highest BCUT2D eigenvalue weighted by molar-refractivity contribution is 5.45. The predicted octanol–water partition coefficient (Wildman–Crippen LogP) is 4.32. The second-order valence-corrected chi connectivity index (χ2v) is 9.60. The molecule has 0 aromatic heterocycles. The largest absolute Gasteiger partial charge is 0.487 e. The topological polar surface area (TPSA) is 29.5 Å². The molecule has 1 aliphatic heterocycles. The molecule has 2 heteroatoms. The molecule has 1 spiro atoms. The minimum atomic E-state index is -0.402. The van der Waals surface area contributed by atoms with E-state index in [2.05, 4.69) is 6.92 Å². The van der Waals surface area contributed by atoms with Crippen LogP contribution in [0, 0.1) is 22.7 Å². The number of allylic oxidation sites excluding steroid dienone is 1. The molecule has 0 saturated heterocycles. The Bertz CT molecular complexity index is 597. The van der Waals surface area contributed by atoms with Crippen LogP contribution in [0.1, 0.15) is 77.6 Å². The van der Waals surface area contributed by atoms with Crippen LogP contribution in [-0.2, 0) is 4.74 Å². The lowest BCUT2D eigenvalue weighted by Gasteiger charge is -2.66. The Morgan fingerprint density at radius 1 is 1.00 bits per heavy atom. The van der Waals surface area contributed by atoms with E-state index in [1.165, 1.54) is 57.1 Å². The number of rotatable bonds is 0. The Hall–Kier alpha value is -0.500. The van der Waals surface area contributed by atoms with Gasteiger partial charge < -0.3 is 9.84 Å². The standard InChI is InChI=1S/C20H28O2/c1-17-12-15-16-14(18(17)8-10-19(17,21)11-9-18)6-5-13-4-2-3-7-20(13,16)22-15/h13-14,21H,2-12H2,1H3/t13?,14-,17+,18?,19?,20+/m1/s1. The molecule has 0 aromatic carbocycles. The third-order valence-corrected chi connectivity index (χ3v) is 9.50. The van der Waals surface area contributed by atoms with E-state index < -0.39 is 5.60 Å². The quantitative estimate of drug-likeness (QED) is 0.721. The fraction of sp³-hybridized carbons (Fsp3) is 0.900. The Labute approximate surface area is 133 Å². The maximum atomic E-state index is 11.3. The lowest BCUT2D eigenvalue weighted by molar-refractivity contribution is -0.180. The first kappa shape index (κ1) is 12.9. The summed E-state index contributed by atoms with van der Waals surface area (Å²) in [4.78, 5) is 0. The first-order chi connectivity index (χ1) is 10.5. The van der Waals surface area contributed by atoms with Crippen molar-refractivity contribution in [3.63, 3.8) is 0 Å². The highest BCUT2D eigenvalue weighted by Gasteiger charge is 2.77. The van der Waals surface area contributed by atoms with Crippen LogP contribution < -0.4 is 0 Å². The normalized spacial score (nSPS) is 61.0. The van der Waals surface area contributed by atoms with Gasteiger partial charge in [-0.15, -0.1) is 0 Å².